The lowest BCUT2D eigenvalue weighted by atomic mass is 10.1. The minimum atomic E-state index is -0.725. The second-order valence-electron chi connectivity index (χ2n) is 2.65. The van der Waals surface area contributed by atoms with Crippen LogP contribution in [0.15, 0.2) is 12.1 Å². The van der Waals surface area contributed by atoms with Crippen molar-refractivity contribution in [3.8, 4) is 6.07 Å². The lowest BCUT2D eigenvalue weighted by Crippen LogP contribution is -2.09. The molecule has 3 nitrogen and oxygen atoms in total. The van der Waals surface area contributed by atoms with Gasteiger partial charge in [-0.1, -0.05) is 0 Å². The zero-order valence-corrected chi connectivity index (χ0v) is 10.0. The van der Waals surface area contributed by atoms with Crippen LogP contribution in [0.25, 0.3) is 0 Å². The molecule has 0 fully saturated rings. The second-order valence-corrected chi connectivity index (χ2v) is 3.81. The largest absolute Gasteiger partial charge is 0.462 e. The Labute approximate surface area is 100.0 Å². The minimum Gasteiger partial charge on any atom is -0.462 e. The molecular weight excluding hydrogens is 312 g/mol. The Kier molecular flexibility index (Phi) is 4.03. The third-order valence-electron chi connectivity index (χ3n) is 1.65. The Morgan fingerprint density at radius 1 is 1.67 bits per heavy atom. The van der Waals surface area contributed by atoms with Gasteiger partial charge in [-0.25, -0.2) is 9.18 Å². The zero-order valence-electron chi connectivity index (χ0n) is 7.88. The number of nitriles is 1. The Bertz CT molecular complexity index is 417. The number of nitrogens with zero attached hydrogens (tertiary/aromatic N) is 1. The SMILES string of the molecule is CCOC(=O)c1c(F)cc(C#N)cc1I. The van der Waals surface area contributed by atoms with Crippen LogP contribution in [0.5, 0.6) is 0 Å². The van der Waals surface area contributed by atoms with Crippen molar-refractivity contribution in [2.45, 2.75) is 6.92 Å². The summed E-state index contributed by atoms with van der Waals surface area (Å²) in [5.41, 5.74) is 0.0707. The van der Waals surface area contributed by atoms with Gasteiger partial charge in [-0.15, -0.1) is 0 Å². The number of benzene rings is 1. The van der Waals surface area contributed by atoms with E-state index in [2.05, 4.69) is 0 Å². The number of esters is 1. The third kappa shape index (κ3) is 2.65. The second kappa shape index (κ2) is 5.07. The van der Waals surface area contributed by atoms with Crippen LogP contribution in [0.2, 0.25) is 0 Å². The molecule has 0 radical (unpaired) electrons. The van der Waals surface area contributed by atoms with Gasteiger partial charge in [0.15, 0.2) is 0 Å². The van der Waals surface area contributed by atoms with Crippen LogP contribution in [0.4, 0.5) is 4.39 Å². The Hall–Kier alpha value is -1.16. The lowest BCUT2D eigenvalue weighted by molar-refractivity contribution is 0.0519. The van der Waals surface area contributed by atoms with Crippen molar-refractivity contribution in [1.82, 2.24) is 0 Å². The van der Waals surface area contributed by atoms with Crippen molar-refractivity contribution in [2.75, 3.05) is 6.61 Å². The van der Waals surface area contributed by atoms with E-state index in [0.717, 1.165) is 6.07 Å². The van der Waals surface area contributed by atoms with Crippen LogP contribution in [0.1, 0.15) is 22.8 Å². The summed E-state index contributed by atoms with van der Waals surface area (Å²) in [5.74, 6) is -1.43. The highest BCUT2D eigenvalue weighted by Crippen LogP contribution is 2.19. The van der Waals surface area contributed by atoms with Crippen LogP contribution in [0.3, 0.4) is 0 Å². The van der Waals surface area contributed by atoms with Crippen molar-refractivity contribution in [3.05, 3.63) is 32.6 Å². The molecule has 0 aliphatic rings. The predicted molar refractivity (Wildman–Crippen MR) is 59.8 cm³/mol. The number of hydrogen-bond acceptors (Lipinski definition) is 3. The first-order valence-electron chi connectivity index (χ1n) is 4.16. The van der Waals surface area contributed by atoms with E-state index in [0.29, 0.717) is 3.57 Å². The van der Waals surface area contributed by atoms with Gasteiger partial charge in [0.1, 0.15) is 11.4 Å². The number of rotatable bonds is 2. The normalized spacial score (nSPS) is 9.47. The minimum absolute atomic E-state index is 0.114. The van der Waals surface area contributed by atoms with E-state index >= 15 is 0 Å². The Balaban J connectivity index is 3.21. The number of carbonyl (C=O) groups is 1. The highest BCUT2D eigenvalue weighted by atomic mass is 127. The molecule has 0 aliphatic carbocycles. The smallest absolute Gasteiger partial charge is 0.342 e. The highest BCUT2D eigenvalue weighted by Gasteiger charge is 2.17. The maximum absolute atomic E-state index is 13.4. The van der Waals surface area contributed by atoms with Gasteiger partial charge in [-0.3, -0.25) is 0 Å². The van der Waals surface area contributed by atoms with Gasteiger partial charge in [0, 0.05) is 3.57 Å². The monoisotopic (exact) mass is 319 g/mol. The van der Waals surface area contributed by atoms with Crippen molar-refractivity contribution in [3.63, 3.8) is 0 Å². The molecule has 0 saturated carbocycles. The van der Waals surface area contributed by atoms with Crippen LogP contribution in [-0.2, 0) is 4.74 Å². The zero-order chi connectivity index (χ0) is 11.4. The van der Waals surface area contributed by atoms with E-state index in [1.54, 1.807) is 29.5 Å². The quantitative estimate of drug-likeness (QED) is 0.622. The first-order chi connectivity index (χ1) is 7.10. The molecular formula is C10H7FINO2. The predicted octanol–water partition coefficient (Wildman–Crippen LogP) is 2.48. The molecule has 0 unspecified atom stereocenters. The Morgan fingerprint density at radius 3 is 2.80 bits per heavy atom. The summed E-state index contributed by atoms with van der Waals surface area (Å²) in [7, 11) is 0. The lowest BCUT2D eigenvalue weighted by Gasteiger charge is -2.05. The standard InChI is InChI=1S/C10H7FINO2/c1-2-15-10(14)9-7(11)3-6(5-13)4-8(9)12/h3-4H,2H2,1H3. The molecule has 15 heavy (non-hydrogen) atoms. The molecule has 0 amide bonds. The molecule has 0 spiro atoms. The summed E-state index contributed by atoms with van der Waals surface area (Å²) in [4.78, 5) is 11.3. The fourth-order valence-electron chi connectivity index (χ4n) is 1.04. The van der Waals surface area contributed by atoms with E-state index in [1.165, 1.54) is 6.07 Å². The molecule has 0 heterocycles. The fraction of sp³-hybridized carbons (Fsp3) is 0.200. The van der Waals surface area contributed by atoms with Gasteiger partial charge in [0.25, 0.3) is 0 Å². The summed E-state index contributed by atoms with van der Waals surface area (Å²) in [6.45, 7) is 1.83. The van der Waals surface area contributed by atoms with Crippen molar-refractivity contribution in [2.24, 2.45) is 0 Å². The average molecular weight is 319 g/mol. The van der Waals surface area contributed by atoms with Crippen molar-refractivity contribution < 1.29 is 13.9 Å². The van der Waals surface area contributed by atoms with E-state index in [1.807, 2.05) is 6.07 Å². The van der Waals surface area contributed by atoms with Crippen LogP contribution in [-0.4, -0.2) is 12.6 Å². The van der Waals surface area contributed by atoms with Gasteiger partial charge in [-0.05, 0) is 41.6 Å². The Morgan fingerprint density at radius 2 is 2.33 bits per heavy atom. The molecule has 5 heteroatoms. The summed E-state index contributed by atoms with van der Waals surface area (Å²) < 4.78 is 18.5. The first kappa shape index (κ1) is 11.9. The molecule has 0 aromatic heterocycles. The van der Waals surface area contributed by atoms with Gasteiger partial charge >= 0.3 is 5.97 Å². The molecule has 0 bridgehead atoms. The van der Waals surface area contributed by atoms with Gasteiger partial charge in [0.05, 0.1) is 18.2 Å². The van der Waals surface area contributed by atoms with Crippen LogP contribution < -0.4 is 0 Å². The van der Waals surface area contributed by atoms with Gasteiger partial charge in [0.2, 0.25) is 0 Å². The number of hydrogen-bond donors (Lipinski definition) is 0. The van der Waals surface area contributed by atoms with Gasteiger partial charge in [-0.2, -0.15) is 5.26 Å². The molecule has 78 valence electrons. The molecule has 1 aromatic carbocycles. The summed E-state index contributed by atoms with van der Waals surface area (Å²) in [5, 5.41) is 8.58. The van der Waals surface area contributed by atoms with Crippen molar-refractivity contribution >= 4 is 28.6 Å². The molecule has 1 aromatic rings. The van der Waals surface area contributed by atoms with Crippen LogP contribution >= 0.6 is 22.6 Å². The third-order valence-corrected chi connectivity index (χ3v) is 2.50. The maximum atomic E-state index is 13.4. The summed E-state index contributed by atoms with van der Waals surface area (Å²) >= 11 is 1.80. The summed E-state index contributed by atoms with van der Waals surface area (Å²) in [6.07, 6.45) is 0. The van der Waals surface area contributed by atoms with Crippen molar-refractivity contribution in [1.29, 1.82) is 5.26 Å². The average Bonchev–Trinajstić information content (AvgIpc) is 2.16. The molecule has 0 aliphatic heterocycles. The fourth-order valence-corrected chi connectivity index (χ4v) is 1.85. The molecule has 0 N–H and O–H groups in total. The van der Waals surface area contributed by atoms with E-state index in [9.17, 15) is 9.18 Å². The van der Waals surface area contributed by atoms with E-state index in [-0.39, 0.29) is 17.7 Å². The highest BCUT2D eigenvalue weighted by molar-refractivity contribution is 14.1. The topological polar surface area (TPSA) is 50.1 Å². The number of halogens is 2. The molecule has 0 atom stereocenters. The number of ether oxygens (including phenoxy) is 1. The van der Waals surface area contributed by atoms with E-state index < -0.39 is 11.8 Å². The van der Waals surface area contributed by atoms with Gasteiger partial charge < -0.3 is 4.74 Å². The summed E-state index contributed by atoms with van der Waals surface area (Å²) in [6, 6.07) is 4.27. The molecule has 1 rings (SSSR count). The maximum Gasteiger partial charge on any atom is 0.342 e. The number of carbonyl (C=O) groups excluding carboxylic acids is 1. The van der Waals surface area contributed by atoms with Crippen LogP contribution in [0, 0.1) is 20.7 Å². The molecule has 0 saturated heterocycles. The first-order valence-corrected chi connectivity index (χ1v) is 5.24. The van der Waals surface area contributed by atoms with E-state index in [4.69, 9.17) is 10.00 Å².